The minimum absolute atomic E-state index is 0.0669. The third-order valence-electron chi connectivity index (χ3n) is 3.85. The van der Waals surface area contributed by atoms with E-state index in [0.717, 1.165) is 12.8 Å². The van der Waals surface area contributed by atoms with Gasteiger partial charge in [-0.15, -0.1) is 0 Å². The maximum atomic E-state index is 12.6. The Morgan fingerprint density at radius 2 is 1.38 bits per heavy atom. The zero-order valence-electron chi connectivity index (χ0n) is 11.6. The molecule has 0 aliphatic carbocycles. The molecule has 0 unspecified atom stereocenters. The van der Waals surface area contributed by atoms with Gasteiger partial charge in [0.25, 0.3) is 0 Å². The van der Waals surface area contributed by atoms with Gasteiger partial charge in [-0.2, -0.15) is 4.31 Å². The summed E-state index contributed by atoms with van der Waals surface area (Å²) >= 11 is 0. The largest absolute Gasteiger partial charge is 0.508 e. The second-order valence-electron chi connectivity index (χ2n) is 5.17. The number of hydrogen-bond donors (Lipinski definition) is 1. The lowest BCUT2D eigenvalue weighted by Gasteiger charge is -2.19. The number of phenols is 1. The van der Waals surface area contributed by atoms with Crippen LogP contribution in [0.2, 0.25) is 0 Å². The van der Waals surface area contributed by atoms with E-state index < -0.39 is 10.0 Å². The molecule has 5 heteroatoms. The van der Waals surface area contributed by atoms with Gasteiger partial charge in [0.05, 0.1) is 4.90 Å². The highest BCUT2D eigenvalue weighted by Crippen LogP contribution is 2.22. The van der Waals surface area contributed by atoms with Crippen LogP contribution in [0.15, 0.2) is 53.4 Å². The number of phenolic OH excluding ortho intramolecular Hbond substituents is 1. The molecular formula is C16H17NO3S. The molecular weight excluding hydrogens is 286 g/mol. The standard InChI is InChI=1S/C16H17NO3S/c18-15-5-7-16(8-6-15)21(19,20)17-11-9-13-3-1-2-4-14(13)10-12-17/h1-8,18H,9-12H2. The molecule has 0 atom stereocenters. The predicted octanol–water partition coefficient (Wildman–Crippen LogP) is 2.18. The lowest BCUT2D eigenvalue weighted by atomic mass is 10.0. The van der Waals surface area contributed by atoms with Crippen LogP contribution in [0.3, 0.4) is 0 Å². The molecule has 1 N–H and O–H groups in total. The third kappa shape index (κ3) is 2.80. The van der Waals surface area contributed by atoms with Gasteiger partial charge in [-0.25, -0.2) is 8.42 Å². The molecule has 0 radical (unpaired) electrons. The Bertz CT molecular complexity index is 711. The summed E-state index contributed by atoms with van der Waals surface area (Å²) in [5, 5.41) is 9.29. The molecule has 0 fully saturated rings. The van der Waals surface area contributed by atoms with E-state index in [-0.39, 0.29) is 10.6 Å². The van der Waals surface area contributed by atoms with E-state index in [9.17, 15) is 13.5 Å². The summed E-state index contributed by atoms with van der Waals surface area (Å²) in [6.45, 7) is 0.973. The first-order valence-electron chi connectivity index (χ1n) is 6.93. The van der Waals surface area contributed by atoms with E-state index in [1.165, 1.54) is 39.7 Å². The fourth-order valence-electron chi connectivity index (χ4n) is 2.65. The summed E-state index contributed by atoms with van der Waals surface area (Å²) in [5.74, 6) is 0.0669. The SMILES string of the molecule is O=S(=O)(c1ccc(O)cc1)N1CCc2ccccc2CC1. The van der Waals surface area contributed by atoms with E-state index in [4.69, 9.17) is 0 Å². The predicted molar refractivity (Wildman–Crippen MR) is 80.7 cm³/mol. The van der Waals surface area contributed by atoms with Gasteiger partial charge < -0.3 is 5.11 Å². The molecule has 0 saturated carbocycles. The Labute approximate surface area is 124 Å². The van der Waals surface area contributed by atoms with Crippen molar-refractivity contribution in [2.75, 3.05) is 13.1 Å². The normalized spacial score (nSPS) is 16.2. The Morgan fingerprint density at radius 3 is 1.90 bits per heavy atom. The van der Waals surface area contributed by atoms with Crippen LogP contribution >= 0.6 is 0 Å². The van der Waals surface area contributed by atoms with E-state index >= 15 is 0 Å². The lowest BCUT2D eigenvalue weighted by molar-refractivity contribution is 0.426. The molecule has 0 bridgehead atoms. The molecule has 4 nitrogen and oxygen atoms in total. The van der Waals surface area contributed by atoms with E-state index in [1.807, 2.05) is 12.1 Å². The quantitative estimate of drug-likeness (QED) is 0.925. The Hall–Kier alpha value is -1.85. The number of sulfonamides is 1. The van der Waals surface area contributed by atoms with E-state index in [0.29, 0.717) is 13.1 Å². The molecule has 0 saturated heterocycles. The van der Waals surface area contributed by atoms with Gasteiger partial charge in [-0.3, -0.25) is 0 Å². The molecule has 0 spiro atoms. The summed E-state index contributed by atoms with van der Waals surface area (Å²) in [4.78, 5) is 0.228. The minimum Gasteiger partial charge on any atom is -0.508 e. The number of aromatic hydroxyl groups is 1. The maximum Gasteiger partial charge on any atom is 0.243 e. The summed E-state index contributed by atoms with van der Waals surface area (Å²) in [5.41, 5.74) is 2.45. The van der Waals surface area contributed by atoms with Crippen LogP contribution in [-0.4, -0.2) is 30.9 Å². The van der Waals surface area contributed by atoms with Gasteiger partial charge in [-0.1, -0.05) is 24.3 Å². The second kappa shape index (κ2) is 5.50. The van der Waals surface area contributed by atoms with Crippen molar-refractivity contribution in [2.24, 2.45) is 0 Å². The van der Waals surface area contributed by atoms with Gasteiger partial charge in [0.15, 0.2) is 0 Å². The van der Waals surface area contributed by atoms with Crippen molar-refractivity contribution < 1.29 is 13.5 Å². The van der Waals surface area contributed by atoms with E-state index in [1.54, 1.807) is 0 Å². The summed E-state index contributed by atoms with van der Waals surface area (Å²) in [6, 6.07) is 13.8. The van der Waals surface area contributed by atoms with Crippen LogP contribution in [0.1, 0.15) is 11.1 Å². The fourth-order valence-corrected chi connectivity index (χ4v) is 4.10. The smallest absolute Gasteiger partial charge is 0.243 e. The summed E-state index contributed by atoms with van der Waals surface area (Å²) < 4.78 is 26.8. The van der Waals surface area contributed by atoms with Crippen LogP contribution in [0.4, 0.5) is 0 Å². The average Bonchev–Trinajstić information content (AvgIpc) is 2.70. The molecule has 1 aliphatic rings. The molecule has 2 aromatic carbocycles. The maximum absolute atomic E-state index is 12.6. The third-order valence-corrected chi connectivity index (χ3v) is 5.77. The number of fused-ring (bicyclic) bond motifs is 1. The number of rotatable bonds is 2. The molecule has 1 heterocycles. The second-order valence-corrected chi connectivity index (χ2v) is 7.10. The summed E-state index contributed by atoms with van der Waals surface area (Å²) in [7, 11) is -3.50. The fraction of sp³-hybridized carbons (Fsp3) is 0.250. The first kappa shape index (κ1) is 14.1. The van der Waals surface area contributed by atoms with Crippen molar-refractivity contribution in [1.29, 1.82) is 0 Å². The van der Waals surface area contributed by atoms with Crippen molar-refractivity contribution in [3.8, 4) is 5.75 Å². The first-order chi connectivity index (χ1) is 10.1. The van der Waals surface area contributed by atoms with Gasteiger partial charge in [0.1, 0.15) is 5.75 Å². The highest BCUT2D eigenvalue weighted by atomic mass is 32.2. The van der Waals surface area contributed by atoms with Gasteiger partial charge in [-0.05, 0) is 48.2 Å². The topological polar surface area (TPSA) is 57.6 Å². The molecule has 1 aliphatic heterocycles. The number of benzene rings is 2. The monoisotopic (exact) mass is 303 g/mol. The zero-order chi connectivity index (χ0) is 14.9. The van der Waals surface area contributed by atoms with Crippen LogP contribution in [0.5, 0.6) is 5.75 Å². The van der Waals surface area contributed by atoms with Crippen LogP contribution in [-0.2, 0) is 22.9 Å². The average molecular weight is 303 g/mol. The molecule has 3 rings (SSSR count). The lowest BCUT2D eigenvalue weighted by Crippen LogP contribution is -2.33. The first-order valence-corrected chi connectivity index (χ1v) is 8.37. The summed E-state index contributed by atoms with van der Waals surface area (Å²) in [6.07, 6.45) is 1.46. The van der Waals surface area contributed by atoms with Crippen LogP contribution in [0, 0.1) is 0 Å². The minimum atomic E-state index is -3.50. The molecule has 110 valence electrons. The van der Waals surface area contributed by atoms with Gasteiger partial charge in [0, 0.05) is 13.1 Å². The molecule has 2 aromatic rings. The Kier molecular flexibility index (Phi) is 3.69. The molecule has 0 aromatic heterocycles. The van der Waals surface area contributed by atoms with Gasteiger partial charge >= 0.3 is 0 Å². The number of nitrogens with zero attached hydrogens (tertiary/aromatic N) is 1. The van der Waals surface area contributed by atoms with Crippen molar-refractivity contribution in [2.45, 2.75) is 17.7 Å². The Balaban J connectivity index is 1.86. The van der Waals surface area contributed by atoms with E-state index in [2.05, 4.69) is 12.1 Å². The highest BCUT2D eigenvalue weighted by molar-refractivity contribution is 7.89. The van der Waals surface area contributed by atoms with Crippen molar-refractivity contribution in [3.05, 3.63) is 59.7 Å². The van der Waals surface area contributed by atoms with Crippen molar-refractivity contribution >= 4 is 10.0 Å². The van der Waals surface area contributed by atoms with Gasteiger partial charge in [0.2, 0.25) is 10.0 Å². The van der Waals surface area contributed by atoms with Crippen LogP contribution < -0.4 is 0 Å². The van der Waals surface area contributed by atoms with Crippen LogP contribution in [0.25, 0.3) is 0 Å². The Morgan fingerprint density at radius 1 is 0.857 bits per heavy atom. The molecule has 21 heavy (non-hydrogen) atoms. The zero-order valence-corrected chi connectivity index (χ0v) is 12.4. The number of hydrogen-bond acceptors (Lipinski definition) is 3. The highest BCUT2D eigenvalue weighted by Gasteiger charge is 2.26. The van der Waals surface area contributed by atoms with Crippen molar-refractivity contribution in [1.82, 2.24) is 4.31 Å². The van der Waals surface area contributed by atoms with Crippen molar-refractivity contribution in [3.63, 3.8) is 0 Å². The molecule has 0 amide bonds.